The number of hydrogen-bond donors (Lipinski definition) is 0. The molecule has 72 valence electrons. The third kappa shape index (κ3) is 1.24. The zero-order valence-electron chi connectivity index (χ0n) is 6.91. The SMILES string of the molecule is N#Cc1noc(-c2no[n+]([O-])c2C#N)n1. The number of aromatic nitrogens is 4. The Balaban J connectivity index is 2.56. The molecule has 0 aliphatic carbocycles. The van der Waals surface area contributed by atoms with Crippen molar-refractivity contribution in [2.45, 2.75) is 0 Å². The first-order chi connectivity index (χ1) is 7.26. The molecule has 2 heterocycles. The van der Waals surface area contributed by atoms with Gasteiger partial charge in [0.2, 0.25) is 0 Å². The van der Waals surface area contributed by atoms with Gasteiger partial charge in [0.1, 0.15) is 6.07 Å². The number of nitrogens with zero attached hydrogens (tertiary/aromatic N) is 6. The van der Waals surface area contributed by atoms with Crippen molar-refractivity contribution < 1.29 is 14.1 Å². The van der Waals surface area contributed by atoms with Crippen LogP contribution in [0.25, 0.3) is 11.6 Å². The van der Waals surface area contributed by atoms with Crippen LogP contribution in [0.3, 0.4) is 0 Å². The molecule has 2 rings (SSSR count). The van der Waals surface area contributed by atoms with Crippen molar-refractivity contribution in [2.24, 2.45) is 0 Å². The monoisotopic (exact) mass is 204 g/mol. The van der Waals surface area contributed by atoms with Crippen LogP contribution >= 0.6 is 0 Å². The zero-order chi connectivity index (χ0) is 10.8. The van der Waals surface area contributed by atoms with Crippen LogP contribution in [0, 0.1) is 27.9 Å². The Morgan fingerprint density at radius 1 is 1.27 bits per heavy atom. The van der Waals surface area contributed by atoms with Gasteiger partial charge in [0, 0.05) is 0 Å². The van der Waals surface area contributed by atoms with E-state index in [4.69, 9.17) is 10.5 Å². The first-order valence-electron chi connectivity index (χ1n) is 3.50. The van der Waals surface area contributed by atoms with Gasteiger partial charge in [0.05, 0.1) is 5.16 Å². The normalized spacial score (nSPS) is 9.47. The highest BCUT2D eigenvalue weighted by atomic mass is 16.8. The van der Waals surface area contributed by atoms with E-state index in [1.807, 2.05) is 0 Å². The summed E-state index contributed by atoms with van der Waals surface area (Å²) in [5.41, 5.74) is -0.607. The summed E-state index contributed by atoms with van der Waals surface area (Å²) in [6.07, 6.45) is 0. The number of hydrogen-bond acceptors (Lipinski definition) is 8. The summed E-state index contributed by atoms with van der Waals surface area (Å²) in [6.45, 7) is 0. The molecule has 2 aromatic heterocycles. The Morgan fingerprint density at radius 2 is 2.07 bits per heavy atom. The average Bonchev–Trinajstić information content (AvgIpc) is 2.83. The third-order valence-electron chi connectivity index (χ3n) is 1.45. The number of nitriles is 2. The molecule has 2 aromatic rings. The van der Waals surface area contributed by atoms with Crippen LogP contribution in [0.4, 0.5) is 0 Å². The summed E-state index contributed by atoms with van der Waals surface area (Å²) in [5, 5.41) is 34.3. The highest BCUT2D eigenvalue weighted by molar-refractivity contribution is 5.52. The van der Waals surface area contributed by atoms with E-state index in [1.54, 1.807) is 12.1 Å². The lowest BCUT2D eigenvalue weighted by atomic mass is 10.3. The Bertz CT molecular complexity index is 585. The van der Waals surface area contributed by atoms with Crippen molar-refractivity contribution in [2.75, 3.05) is 0 Å². The van der Waals surface area contributed by atoms with Crippen LogP contribution in [-0.4, -0.2) is 15.3 Å². The molecule has 0 saturated carbocycles. The summed E-state index contributed by atoms with van der Waals surface area (Å²) in [7, 11) is 0. The molecular weight excluding hydrogens is 204 g/mol. The van der Waals surface area contributed by atoms with Crippen molar-refractivity contribution >= 4 is 0 Å². The van der Waals surface area contributed by atoms with Gasteiger partial charge >= 0.3 is 17.3 Å². The fourth-order valence-corrected chi connectivity index (χ4v) is 0.848. The molecule has 15 heavy (non-hydrogen) atoms. The van der Waals surface area contributed by atoms with Crippen LogP contribution < -0.4 is 4.90 Å². The Morgan fingerprint density at radius 3 is 2.67 bits per heavy atom. The summed E-state index contributed by atoms with van der Waals surface area (Å²) >= 11 is 0. The smallest absolute Gasteiger partial charge is 0.324 e. The van der Waals surface area contributed by atoms with Gasteiger partial charge in [-0.05, 0) is 10.1 Å². The van der Waals surface area contributed by atoms with Gasteiger partial charge in [0.25, 0.3) is 5.82 Å². The first kappa shape index (κ1) is 8.65. The van der Waals surface area contributed by atoms with Crippen molar-refractivity contribution in [3.05, 3.63) is 16.7 Å². The van der Waals surface area contributed by atoms with Gasteiger partial charge in [0.15, 0.2) is 6.07 Å². The van der Waals surface area contributed by atoms with Crippen molar-refractivity contribution in [1.29, 1.82) is 10.5 Å². The number of rotatable bonds is 1. The highest BCUT2D eigenvalue weighted by Gasteiger charge is 2.26. The lowest BCUT2D eigenvalue weighted by Gasteiger charge is -1.81. The van der Waals surface area contributed by atoms with Gasteiger partial charge in [-0.3, -0.25) is 4.63 Å². The zero-order valence-corrected chi connectivity index (χ0v) is 6.91. The molecule has 0 aliphatic rings. The van der Waals surface area contributed by atoms with Crippen LogP contribution in [0.2, 0.25) is 0 Å². The predicted octanol–water partition coefficient (Wildman–Crippen LogP) is -0.899. The van der Waals surface area contributed by atoms with E-state index < -0.39 is 5.69 Å². The van der Waals surface area contributed by atoms with Crippen molar-refractivity contribution in [3.8, 4) is 23.7 Å². The van der Waals surface area contributed by atoms with Gasteiger partial charge < -0.3 is 9.73 Å². The standard InChI is InChI=1S/C6N6O3/c7-1-3-5(11-15-12(3)13)6-9-4(2-8)10-14-6. The van der Waals surface area contributed by atoms with Gasteiger partial charge in [-0.15, -0.1) is 0 Å². The quantitative estimate of drug-likeness (QED) is 0.544. The van der Waals surface area contributed by atoms with Gasteiger partial charge in [-0.25, -0.2) is 0 Å². The third-order valence-corrected chi connectivity index (χ3v) is 1.45. The Hall–Kier alpha value is -2.94. The van der Waals surface area contributed by atoms with E-state index >= 15 is 0 Å². The van der Waals surface area contributed by atoms with Gasteiger partial charge in [-0.2, -0.15) is 15.5 Å². The average molecular weight is 204 g/mol. The van der Waals surface area contributed by atoms with Crippen LogP contribution in [0.1, 0.15) is 11.5 Å². The maximum atomic E-state index is 10.8. The molecule has 0 unspecified atom stereocenters. The second-order valence-corrected chi connectivity index (χ2v) is 2.27. The molecule has 0 N–H and O–H groups in total. The summed E-state index contributed by atoms with van der Waals surface area (Å²) < 4.78 is 8.75. The minimum absolute atomic E-state index is 0.0917. The molecule has 9 nitrogen and oxygen atoms in total. The summed E-state index contributed by atoms with van der Waals surface area (Å²) in [5.74, 6) is -0.448. The van der Waals surface area contributed by atoms with Crippen LogP contribution in [0.15, 0.2) is 9.15 Å². The van der Waals surface area contributed by atoms with Crippen LogP contribution in [0.5, 0.6) is 0 Å². The molecule has 0 spiro atoms. The maximum Gasteiger partial charge on any atom is 0.324 e. The molecule has 0 atom stereocenters. The van der Waals surface area contributed by atoms with Crippen LogP contribution in [-0.2, 0) is 0 Å². The van der Waals surface area contributed by atoms with Crippen molar-refractivity contribution in [3.63, 3.8) is 0 Å². The largest absolute Gasteiger partial charge is 0.358 e. The van der Waals surface area contributed by atoms with E-state index in [0.717, 1.165) is 0 Å². The van der Waals surface area contributed by atoms with E-state index in [1.165, 1.54) is 0 Å². The molecule has 0 bridgehead atoms. The first-order valence-corrected chi connectivity index (χ1v) is 3.50. The fourth-order valence-electron chi connectivity index (χ4n) is 0.848. The minimum Gasteiger partial charge on any atom is -0.358 e. The van der Waals surface area contributed by atoms with E-state index in [0.29, 0.717) is 0 Å². The second-order valence-electron chi connectivity index (χ2n) is 2.27. The molecule has 0 amide bonds. The molecular formula is C6N6O3. The minimum atomic E-state index is -0.414. The maximum absolute atomic E-state index is 10.8. The summed E-state index contributed by atoms with van der Waals surface area (Å²) in [6, 6.07) is 3.17. The van der Waals surface area contributed by atoms with E-state index in [2.05, 4.69) is 24.4 Å². The molecule has 9 heteroatoms. The highest BCUT2D eigenvalue weighted by Crippen LogP contribution is 2.15. The molecule has 0 aromatic carbocycles. The predicted molar refractivity (Wildman–Crippen MR) is 38.2 cm³/mol. The van der Waals surface area contributed by atoms with Crippen molar-refractivity contribution in [1.82, 2.24) is 15.3 Å². The topological polar surface area (TPSA) is 139 Å². The molecule has 0 aliphatic heterocycles. The Labute approximate surface area is 81.3 Å². The summed E-state index contributed by atoms with van der Waals surface area (Å²) in [4.78, 5) is 3.46. The van der Waals surface area contributed by atoms with E-state index in [9.17, 15) is 5.21 Å². The second kappa shape index (κ2) is 3.08. The fraction of sp³-hybridized carbons (Fsp3) is 0. The van der Waals surface area contributed by atoms with Gasteiger partial charge in [-0.1, -0.05) is 0 Å². The molecule has 0 radical (unpaired) electrons. The Kier molecular flexibility index (Phi) is 1.78. The van der Waals surface area contributed by atoms with E-state index in [-0.39, 0.29) is 22.3 Å². The molecule has 0 saturated heterocycles. The molecule has 0 fully saturated rings. The lowest BCUT2D eigenvalue weighted by Crippen LogP contribution is -2.26. The lowest BCUT2D eigenvalue weighted by molar-refractivity contribution is -0.804.